The monoisotopic (exact) mass is 398 g/mol. The molecule has 0 aromatic rings. The topological polar surface area (TPSA) is 48.8 Å². The molecular weight excluding hydrogens is 355 g/mol. The van der Waals surface area contributed by atoms with Gasteiger partial charge in [0.2, 0.25) is 0 Å². The number of hydrogen-bond acceptors (Lipinski definition) is 2. The molecule has 0 amide bonds. The van der Waals surface area contributed by atoms with E-state index >= 15 is 0 Å². The summed E-state index contributed by atoms with van der Waals surface area (Å²) in [6.07, 6.45) is 0. The van der Waals surface area contributed by atoms with E-state index in [1.165, 1.54) is 0 Å². The van der Waals surface area contributed by atoms with Gasteiger partial charge in [0.25, 0.3) is 0 Å². The Morgan fingerprint density at radius 2 is 0.720 bits per heavy atom. The zero-order valence-electron chi connectivity index (χ0n) is 19.2. The Morgan fingerprint density at radius 1 is 0.520 bits per heavy atom. The molecular formula is C20H44N4Ni. The van der Waals surface area contributed by atoms with Gasteiger partial charge in [0, 0.05) is 27.6 Å². The van der Waals surface area contributed by atoms with Crippen molar-refractivity contribution in [1.82, 2.24) is 10.6 Å². The van der Waals surface area contributed by atoms with E-state index in [0.717, 1.165) is 11.7 Å². The number of rotatable bonds is 0. The largest absolute Gasteiger partial charge is 0.369 e. The van der Waals surface area contributed by atoms with Crippen molar-refractivity contribution in [3.05, 3.63) is 0 Å². The smallest absolute Gasteiger partial charge is 0.0942 e. The molecule has 0 saturated carbocycles. The van der Waals surface area contributed by atoms with Crippen LogP contribution in [0.2, 0.25) is 0 Å². The van der Waals surface area contributed by atoms with Crippen molar-refractivity contribution in [3.63, 3.8) is 0 Å². The van der Waals surface area contributed by atoms with E-state index in [1.807, 2.05) is 13.8 Å². The fraction of sp³-hybridized carbons (Fsp3) is 0.900. The van der Waals surface area contributed by atoms with Gasteiger partial charge >= 0.3 is 0 Å². The molecule has 0 aliphatic carbocycles. The van der Waals surface area contributed by atoms with E-state index in [0.29, 0.717) is 0 Å². The molecule has 0 heterocycles. The third kappa shape index (κ3) is 28.5. The number of nitrogens with zero attached hydrogens (tertiary/aromatic N) is 2. The Kier molecular flexibility index (Phi) is 12.3. The van der Waals surface area contributed by atoms with Gasteiger partial charge in [0.1, 0.15) is 0 Å². The minimum absolute atomic E-state index is 0. The molecule has 0 radical (unpaired) electrons. The number of aliphatic imine (C=N–C) groups is 2. The summed E-state index contributed by atoms with van der Waals surface area (Å²) in [5.41, 5.74) is 0.252. The van der Waals surface area contributed by atoms with Crippen molar-refractivity contribution >= 4 is 11.7 Å². The van der Waals surface area contributed by atoms with Crippen LogP contribution in [0, 0.1) is 0 Å². The Morgan fingerprint density at radius 3 is 0.840 bits per heavy atom. The first-order valence-electron chi connectivity index (χ1n) is 8.89. The first-order chi connectivity index (χ1) is 10.2. The minimum atomic E-state index is 0. The molecule has 154 valence electrons. The van der Waals surface area contributed by atoms with Crippen LogP contribution in [0.25, 0.3) is 0 Å². The second kappa shape index (κ2) is 10.6. The summed E-state index contributed by atoms with van der Waals surface area (Å²) < 4.78 is 0. The van der Waals surface area contributed by atoms with Crippen LogP contribution < -0.4 is 10.6 Å². The Bertz CT molecular complexity index is 383. The molecule has 0 fully saturated rings. The van der Waals surface area contributed by atoms with Crippen molar-refractivity contribution in [2.75, 3.05) is 0 Å². The van der Waals surface area contributed by atoms with E-state index in [2.05, 4.69) is 104 Å². The Hall–Kier alpha value is -0.566. The number of nitrogens with one attached hydrogen (secondary N) is 2. The fourth-order valence-corrected chi connectivity index (χ4v) is 2.15. The molecule has 0 aliphatic heterocycles. The van der Waals surface area contributed by atoms with Crippen LogP contribution in [0.5, 0.6) is 0 Å². The number of amidine groups is 2. The van der Waals surface area contributed by atoms with Crippen molar-refractivity contribution in [2.45, 2.75) is 119 Å². The second-order valence-corrected chi connectivity index (χ2v) is 10.5. The predicted octanol–water partition coefficient (Wildman–Crippen LogP) is 5.18. The minimum Gasteiger partial charge on any atom is -0.369 e. The molecule has 5 heteroatoms. The third-order valence-corrected chi connectivity index (χ3v) is 2.12. The van der Waals surface area contributed by atoms with Gasteiger partial charge in [0.15, 0.2) is 0 Å². The first kappa shape index (κ1) is 29.2. The quantitative estimate of drug-likeness (QED) is 0.335. The van der Waals surface area contributed by atoms with E-state index in [4.69, 9.17) is 0 Å². The van der Waals surface area contributed by atoms with Crippen LogP contribution >= 0.6 is 0 Å². The number of hydrogen-bond donors (Lipinski definition) is 2. The maximum absolute atomic E-state index is 4.50. The molecule has 0 aromatic carbocycles. The van der Waals surface area contributed by atoms with Crippen LogP contribution in [-0.2, 0) is 16.5 Å². The maximum Gasteiger partial charge on any atom is 0.0942 e. The van der Waals surface area contributed by atoms with Gasteiger partial charge in [-0.25, -0.2) is 0 Å². The van der Waals surface area contributed by atoms with Crippen LogP contribution in [0.1, 0.15) is 96.9 Å². The molecule has 0 atom stereocenters. The molecule has 0 aromatic heterocycles. The van der Waals surface area contributed by atoms with E-state index in [1.54, 1.807) is 0 Å². The summed E-state index contributed by atoms with van der Waals surface area (Å²) in [6.45, 7) is 29.4. The summed E-state index contributed by atoms with van der Waals surface area (Å²) in [5, 5.41) is 6.65. The molecule has 0 saturated heterocycles. The summed E-state index contributed by atoms with van der Waals surface area (Å²) in [4.78, 5) is 9.00. The Balaban J connectivity index is -0.000000372. The molecule has 0 aliphatic rings. The van der Waals surface area contributed by atoms with Crippen LogP contribution in [0.15, 0.2) is 9.98 Å². The van der Waals surface area contributed by atoms with Gasteiger partial charge in [0.05, 0.1) is 22.7 Å². The normalized spacial score (nSPS) is 14.2. The molecule has 0 unspecified atom stereocenters. The summed E-state index contributed by atoms with van der Waals surface area (Å²) in [5.74, 6) is 2.02. The molecule has 4 nitrogen and oxygen atoms in total. The average molecular weight is 399 g/mol. The predicted molar refractivity (Wildman–Crippen MR) is 112 cm³/mol. The molecule has 0 rings (SSSR count). The standard InChI is InChI=1S/2C10H22N2.Ni/c2*1-8(11-9(2,3)4)12-10(5,6)7;/h2*1-7H3,(H,11,12);. The van der Waals surface area contributed by atoms with E-state index < -0.39 is 0 Å². The van der Waals surface area contributed by atoms with Gasteiger partial charge in [-0.3, -0.25) is 9.98 Å². The summed E-state index contributed by atoms with van der Waals surface area (Å²) in [7, 11) is 0. The van der Waals surface area contributed by atoms with Gasteiger partial charge in [-0.2, -0.15) is 0 Å². The van der Waals surface area contributed by atoms with Crippen molar-refractivity contribution < 1.29 is 16.5 Å². The average Bonchev–Trinajstić information content (AvgIpc) is 2.02. The van der Waals surface area contributed by atoms with Crippen LogP contribution in [0.4, 0.5) is 0 Å². The second-order valence-electron chi connectivity index (χ2n) is 10.5. The van der Waals surface area contributed by atoms with Gasteiger partial charge < -0.3 is 10.6 Å². The van der Waals surface area contributed by atoms with Gasteiger partial charge in [-0.1, -0.05) is 0 Å². The molecule has 0 spiro atoms. The Labute approximate surface area is 168 Å². The fourth-order valence-electron chi connectivity index (χ4n) is 2.15. The van der Waals surface area contributed by atoms with E-state index in [9.17, 15) is 0 Å². The summed E-state index contributed by atoms with van der Waals surface area (Å²) in [6, 6.07) is 0. The van der Waals surface area contributed by atoms with Gasteiger partial charge in [-0.05, 0) is 96.9 Å². The first-order valence-corrected chi connectivity index (χ1v) is 8.89. The molecule has 25 heavy (non-hydrogen) atoms. The third-order valence-electron chi connectivity index (χ3n) is 2.12. The maximum atomic E-state index is 4.50. The molecule has 0 bridgehead atoms. The van der Waals surface area contributed by atoms with Crippen molar-refractivity contribution in [1.29, 1.82) is 0 Å². The summed E-state index contributed by atoms with van der Waals surface area (Å²) >= 11 is 0. The van der Waals surface area contributed by atoms with Crippen LogP contribution in [-0.4, -0.2) is 33.8 Å². The van der Waals surface area contributed by atoms with Crippen LogP contribution in [0.3, 0.4) is 0 Å². The zero-order valence-corrected chi connectivity index (χ0v) is 20.2. The zero-order chi connectivity index (χ0) is 20.0. The van der Waals surface area contributed by atoms with Gasteiger partial charge in [-0.15, -0.1) is 0 Å². The van der Waals surface area contributed by atoms with Crippen molar-refractivity contribution in [2.24, 2.45) is 9.98 Å². The van der Waals surface area contributed by atoms with Crippen molar-refractivity contribution in [3.8, 4) is 0 Å². The molecule has 2 N–H and O–H groups in total. The van der Waals surface area contributed by atoms with E-state index in [-0.39, 0.29) is 38.6 Å². The SMILES string of the molecule is CC(=NC(C)(C)C)NC(C)(C)C.CC(=NC(C)(C)C)NC(C)(C)C.[Ni].